The van der Waals surface area contributed by atoms with E-state index in [0.29, 0.717) is 11.8 Å². The number of ether oxygens (including phenoxy) is 1. The molecule has 0 fully saturated rings. The molecule has 0 aliphatic heterocycles. The van der Waals surface area contributed by atoms with Crippen LogP contribution in [0, 0.1) is 0 Å². The molecule has 0 bridgehead atoms. The minimum atomic E-state index is 0.466. The van der Waals surface area contributed by atoms with Crippen LogP contribution in [0.15, 0.2) is 24.5 Å². The summed E-state index contributed by atoms with van der Waals surface area (Å²) in [5.41, 5.74) is 1.76. The standard InChI is InChI=1S/C10H9ClN2O/c1-14-10-9-8(2-3-12-10)4-7(5-11)6-13-9/h2-4,6H,5H2,1H3. The van der Waals surface area contributed by atoms with Gasteiger partial charge >= 0.3 is 0 Å². The van der Waals surface area contributed by atoms with Crippen LogP contribution >= 0.6 is 11.6 Å². The van der Waals surface area contributed by atoms with Crippen molar-refractivity contribution >= 4 is 22.5 Å². The van der Waals surface area contributed by atoms with Crippen molar-refractivity contribution < 1.29 is 4.74 Å². The summed E-state index contributed by atoms with van der Waals surface area (Å²) in [5.74, 6) is 1.01. The first-order valence-corrected chi connectivity index (χ1v) is 4.72. The Labute approximate surface area is 86.7 Å². The van der Waals surface area contributed by atoms with Crippen molar-refractivity contribution in [1.82, 2.24) is 9.97 Å². The maximum atomic E-state index is 5.71. The third-order valence-electron chi connectivity index (χ3n) is 1.97. The Balaban J connectivity index is 2.67. The fraction of sp³-hybridized carbons (Fsp3) is 0.200. The van der Waals surface area contributed by atoms with E-state index >= 15 is 0 Å². The Bertz CT molecular complexity index is 459. The van der Waals surface area contributed by atoms with Crippen LogP contribution in [-0.2, 0) is 5.88 Å². The van der Waals surface area contributed by atoms with Gasteiger partial charge in [-0.05, 0) is 17.7 Å². The lowest BCUT2D eigenvalue weighted by Crippen LogP contribution is -1.91. The van der Waals surface area contributed by atoms with Gasteiger partial charge in [0.2, 0.25) is 5.88 Å². The summed E-state index contributed by atoms with van der Waals surface area (Å²) in [5, 5.41) is 0.995. The number of nitrogens with zero attached hydrogens (tertiary/aromatic N) is 2. The molecule has 14 heavy (non-hydrogen) atoms. The number of methoxy groups -OCH3 is 1. The van der Waals surface area contributed by atoms with Gasteiger partial charge in [-0.1, -0.05) is 0 Å². The summed E-state index contributed by atoms with van der Waals surface area (Å²) in [6.07, 6.45) is 3.43. The second kappa shape index (κ2) is 3.80. The minimum Gasteiger partial charge on any atom is -0.479 e. The number of alkyl halides is 1. The number of rotatable bonds is 2. The third-order valence-corrected chi connectivity index (χ3v) is 2.28. The van der Waals surface area contributed by atoms with Crippen LogP contribution in [0.2, 0.25) is 0 Å². The highest BCUT2D eigenvalue weighted by molar-refractivity contribution is 6.17. The SMILES string of the molecule is COc1nccc2cc(CCl)cnc12. The Morgan fingerprint density at radius 1 is 1.43 bits per heavy atom. The van der Waals surface area contributed by atoms with Crippen LogP contribution in [0.25, 0.3) is 10.9 Å². The first-order chi connectivity index (χ1) is 6.85. The van der Waals surface area contributed by atoms with Crippen LogP contribution in [0.1, 0.15) is 5.56 Å². The quantitative estimate of drug-likeness (QED) is 0.711. The van der Waals surface area contributed by atoms with E-state index in [-0.39, 0.29) is 0 Å². The van der Waals surface area contributed by atoms with Crippen LogP contribution < -0.4 is 4.74 Å². The number of fused-ring (bicyclic) bond motifs is 1. The fourth-order valence-corrected chi connectivity index (χ4v) is 1.45. The first-order valence-electron chi connectivity index (χ1n) is 4.18. The molecule has 0 saturated heterocycles. The van der Waals surface area contributed by atoms with E-state index < -0.39 is 0 Å². The van der Waals surface area contributed by atoms with Gasteiger partial charge in [0.1, 0.15) is 5.52 Å². The van der Waals surface area contributed by atoms with Crippen molar-refractivity contribution in [1.29, 1.82) is 0 Å². The number of aromatic nitrogens is 2. The Hall–Kier alpha value is -1.35. The van der Waals surface area contributed by atoms with Crippen molar-refractivity contribution in [3.63, 3.8) is 0 Å². The molecule has 4 heteroatoms. The van der Waals surface area contributed by atoms with Crippen molar-refractivity contribution in [3.8, 4) is 5.88 Å². The van der Waals surface area contributed by atoms with E-state index in [0.717, 1.165) is 16.5 Å². The maximum Gasteiger partial charge on any atom is 0.240 e. The topological polar surface area (TPSA) is 35.0 Å². The van der Waals surface area contributed by atoms with E-state index in [1.165, 1.54) is 0 Å². The normalized spacial score (nSPS) is 10.4. The molecule has 3 nitrogen and oxygen atoms in total. The third kappa shape index (κ3) is 1.51. The Morgan fingerprint density at radius 3 is 3.00 bits per heavy atom. The van der Waals surface area contributed by atoms with Gasteiger partial charge in [0.05, 0.1) is 7.11 Å². The summed E-state index contributed by atoms with van der Waals surface area (Å²) in [6.45, 7) is 0. The average molecular weight is 209 g/mol. The van der Waals surface area contributed by atoms with Gasteiger partial charge in [0.15, 0.2) is 0 Å². The lowest BCUT2D eigenvalue weighted by Gasteiger charge is -2.03. The van der Waals surface area contributed by atoms with Gasteiger partial charge in [-0.15, -0.1) is 11.6 Å². The van der Waals surface area contributed by atoms with Crippen molar-refractivity contribution in [2.45, 2.75) is 5.88 Å². The second-order valence-electron chi connectivity index (χ2n) is 2.87. The molecule has 2 heterocycles. The molecule has 0 aromatic carbocycles. The zero-order valence-electron chi connectivity index (χ0n) is 7.70. The van der Waals surface area contributed by atoms with Crippen LogP contribution in [0.5, 0.6) is 5.88 Å². The molecule has 2 aromatic heterocycles. The Kier molecular flexibility index (Phi) is 2.50. The second-order valence-corrected chi connectivity index (χ2v) is 3.14. The molecule has 0 aliphatic carbocycles. The number of pyridine rings is 2. The smallest absolute Gasteiger partial charge is 0.240 e. The highest BCUT2D eigenvalue weighted by Gasteiger charge is 2.03. The predicted octanol–water partition coefficient (Wildman–Crippen LogP) is 2.38. The molecule has 0 saturated carbocycles. The molecule has 72 valence electrons. The lowest BCUT2D eigenvalue weighted by atomic mass is 10.2. The van der Waals surface area contributed by atoms with E-state index in [2.05, 4.69) is 9.97 Å². The molecule has 0 unspecified atom stereocenters. The highest BCUT2D eigenvalue weighted by atomic mass is 35.5. The number of hydrogen-bond donors (Lipinski definition) is 0. The lowest BCUT2D eigenvalue weighted by molar-refractivity contribution is 0.402. The van der Waals surface area contributed by atoms with Crippen molar-refractivity contribution in [2.24, 2.45) is 0 Å². The summed E-state index contributed by atoms with van der Waals surface area (Å²) in [4.78, 5) is 8.31. The van der Waals surface area contributed by atoms with Crippen LogP contribution in [0.3, 0.4) is 0 Å². The number of hydrogen-bond acceptors (Lipinski definition) is 3. The molecule has 2 aromatic rings. The molecular weight excluding hydrogens is 200 g/mol. The molecule has 0 radical (unpaired) electrons. The van der Waals surface area contributed by atoms with Gasteiger partial charge in [-0.25, -0.2) is 4.98 Å². The monoisotopic (exact) mass is 208 g/mol. The van der Waals surface area contributed by atoms with Gasteiger partial charge in [-0.3, -0.25) is 4.98 Å². The molecule has 0 spiro atoms. The van der Waals surface area contributed by atoms with E-state index in [9.17, 15) is 0 Å². The van der Waals surface area contributed by atoms with E-state index in [4.69, 9.17) is 16.3 Å². The van der Waals surface area contributed by atoms with Crippen LogP contribution in [-0.4, -0.2) is 17.1 Å². The zero-order chi connectivity index (χ0) is 9.97. The number of halogens is 1. The highest BCUT2D eigenvalue weighted by Crippen LogP contribution is 2.21. The van der Waals surface area contributed by atoms with E-state index in [1.54, 1.807) is 19.5 Å². The fourth-order valence-electron chi connectivity index (χ4n) is 1.30. The molecule has 0 aliphatic rings. The molecule has 0 atom stereocenters. The van der Waals surface area contributed by atoms with Crippen molar-refractivity contribution in [2.75, 3.05) is 7.11 Å². The summed E-state index contributed by atoms with van der Waals surface area (Å²) in [7, 11) is 1.58. The molecule has 0 amide bonds. The summed E-state index contributed by atoms with van der Waals surface area (Å²) < 4.78 is 5.09. The summed E-state index contributed by atoms with van der Waals surface area (Å²) >= 11 is 5.71. The molecule has 0 N–H and O–H groups in total. The van der Waals surface area contributed by atoms with Gasteiger partial charge in [0, 0.05) is 23.7 Å². The minimum absolute atomic E-state index is 0.466. The van der Waals surface area contributed by atoms with Gasteiger partial charge < -0.3 is 4.74 Å². The van der Waals surface area contributed by atoms with Gasteiger partial charge in [0.25, 0.3) is 0 Å². The van der Waals surface area contributed by atoms with Crippen molar-refractivity contribution in [3.05, 3.63) is 30.1 Å². The predicted molar refractivity (Wildman–Crippen MR) is 55.6 cm³/mol. The van der Waals surface area contributed by atoms with E-state index in [1.807, 2.05) is 12.1 Å². The van der Waals surface area contributed by atoms with Gasteiger partial charge in [-0.2, -0.15) is 0 Å². The summed E-state index contributed by atoms with van der Waals surface area (Å²) in [6, 6.07) is 3.88. The molecule has 2 rings (SSSR count). The average Bonchev–Trinajstić information content (AvgIpc) is 2.27. The molecular formula is C10H9ClN2O. The largest absolute Gasteiger partial charge is 0.479 e. The maximum absolute atomic E-state index is 5.71. The Morgan fingerprint density at radius 2 is 2.29 bits per heavy atom. The van der Waals surface area contributed by atoms with Crippen LogP contribution in [0.4, 0.5) is 0 Å². The zero-order valence-corrected chi connectivity index (χ0v) is 8.45. The first kappa shape index (κ1) is 9.21.